The summed E-state index contributed by atoms with van der Waals surface area (Å²) in [4.78, 5) is 2.70. The van der Waals surface area contributed by atoms with E-state index in [9.17, 15) is 0 Å². The molecule has 1 fully saturated rings. The van der Waals surface area contributed by atoms with Crippen LogP contribution in [-0.2, 0) is 5.54 Å². The van der Waals surface area contributed by atoms with Crippen molar-refractivity contribution < 1.29 is 0 Å². The van der Waals surface area contributed by atoms with E-state index in [1.165, 1.54) is 24.9 Å². The lowest BCUT2D eigenvalue weighted by molar-refractivity contribution is 0.134. The molecular weight excluding hydrogens is 242 g/mol. The van der Waals surface area contributed by atoms with E-state index in [1.54, 1.807) is 11.1 Å². The van der Waals surface area contributed by atoms with E-state index in [2.05, 4.69) is 66.4 Å². The number of nitrogens with zero attached hydrogens (tertiary/aromatic N) is 1. The molecule has 2 atom stereocenters. The Balaban J connectivity index is 1.87. The van der Waals surface area contributed by atoms with Gasteiger partial charge in [0.15, 0.2) is 0 Å². The first-order valence-corrected chi connectivity index (χ1v) is 7.68. The van der Waals surface area contributed by atoms with E-state index in [0.29, 0.717) is 5.92 Å². The maximum atomic E-state index is 2.70. The molecule has 0 bridgehead atoms. The molecule has 0 N–H and O–H groups in total. The second-order valence-electron chi connectivity index (χ2n) is 6.37. The van der Waals surface area contributed by atoms with Crippen LogP contribution < -0.4 is 0 Å². The van der Waals surface area contributed by atoms with Crippen molar-refractivity contribution in [2.45, 2.75) is 31.2 Å². The van der Waals surface area contributed by atoms with E-state index in [0.717, 1.165) is 6.54 Å². The first kappa shape index (κ1) is 12.2. The van der Waals surface area contributed by atoms with Gasteiger partial charge in [-0.05, 0) is 43.0 Å². The minimum atomic E-state index is 0.266. The molecule has 2 aromatic rings. The van der Waals surface area contributed by atoms with Gasteiger partial charge in [-0.2, -0.15) is 0 Å². The molecule has 2 heterocycles. The van der Waals surface area contributed by atoms with Crippen molar-refractivity contribution in [1.29, 1.82) is 0 Å². The monoisotopic (exact) mass is 263 g/mol. The van der Waals surface area contributed by atoms with Crippen LogP contribution in [0.4, 0.5) is 0 Å². The van der Waals surface area contributed by atoms with Gasteiger partial charge in [-0.15, -0.1) is 0 Å². The van der Waals surface area contributed by atoms with Crippen molar-refractivity contribution in [3.05, 3.63) is 71.3 Å². The Morgan fingerprint density at radius 2 is 1.75 bits per heavy atom. The molecule has 1 nitrogen and oxygen atoms in total. The maximum Gasteiger partial charge on any atom is 0.0436 e. The first-order chi connectivity index (χ1) is 9.79. The van der Waals surface area contributed by atoms with E-state index in [-0.39, 0.29) is 5.54 Å². The van der Waals surface area contributed by atoms with Crippen molar-refractivity contribution in [2.24, 2.45) is 0 Å². The molecule has 102 valence electrons. The normalized spacial score (nSPS) is 28.9. The predicted molar refractivity (Wildman–Crippen MR) is 82.9 cm³/mol. The lowest BCUT2D eigenvalue weighted by Crippen LogP contribution is -2.45. The van der Waals surface area contributed by atoms with E-state index < -0.39 is 0 Å². The highest BCUT2D eigenvalue weighted by Crippen LogP contribution is 2.47. The lowest BCUT2D eigenvalue weighted by atomic mass is 9.75. The van der Waals surface area contributed by atoms with Crippen LogP contribution in [0.5, 0.6) is 0 Å². The molecule has 0 radical (unpaired) electrons. The first-order valence-electron chi connectivity index (χ1n) is 7.68. The molecule has 20 heavy (non-hydrogen) atoms. The zero-order valence-electron chi connectivity index (χ0n) is 12.0. The zero-order valence-corrected chi connectivity index (χ0v) is 12.0. The molecule has 0 saturated carbocycles. The van der Waals surface area contributed by atoms with Gasteiger partial charge in [-0.1, -0.05) is 54.6 Å². The lowest BCUT2D eigenvalue weighted by Gasteiger charge is -2.45. The van der Waals surface area contributed by atoms with Crippen LogP contribution in [0.1, 0.15) is 42.4 Å². The van der Waals surface area contributed by atoms with Gasteiger partial charge >= 0.3 is 0 Å². The highest BCUT2D eigenvalue weighted by Gasteiger charge is 2.44. The largest absolute Gasteiger partial charge is 0.293 e. The minimum Gasteiger partial charge on any atom is -0.293 e. The SMILES string of the molecule is CC12CCCN1CC(c1ccccc1)c1ccccc12. The Labute approximate surface area is 121 Å². The molecule has 2 aliphatic rings. The average molecular weight is 263 g/mol. The van der Waals surface area contributed by atoms with Gasteiger partial charge in [0.25, 0.3) is 0 Å². The third-order valence-electron chi connectivity index (χ3n) is 5.31. The van der Waals surface area contributed by atoms with Crippen molar-refractivity contribution in [3.63, 3.8) is 0 Å². The average Bonchev–Trinajstić information content (AvgIpc) is 2.89. The summed E-state index contributed by atoms with van der Waals surface area (Å²) in [6.07, 6.45) is 2.62. The summed E-state index contributed by atoms with van der Waals surface area (Å²) < 4.78 is 0. The number of fused-ring (bicyclic) bond motifs is 3. The van der Waals surface area contributed by atoms with Crippen LogP contribution in [0.25, 0.3) is 0 Å². The summed E-state index contributed by atoms with van der Waals surface area (Å²) in [5.74, 6) is 0.526. The van der Waals surface area contributed by atoms with Gasteiger partial charge in [-0.3, -0.25) is 4.90 Å². The summed E-state index contributed by atoms with van der Waals surface area (Å²) in [6.45, 7) is 4.84. The molecule has 0 aromatic heterocycles. The Kier molecular flexibility index (Phi) is 2.71. The molecule has 0 spiro atoms. The van der Waals surface area contributed by atoms with Gasteiger partial charge in [0.05, 0.1) is 0 Å². The quantitative estimate of drug-likeness (QED) is 0.747. The summed E-state index contributed by atoms with van der Waals surface area (Å²) in [7, 11) is 0. The van der Waals surface area contributed by atoms with Crippen LogP contribution in [0.2, 0.25) is 0 Å². The van der Waals surface area contributed by atoms with Crippen LogP contribution in [-0.4, -0.2) is 18.0 Å². The Bertz CT molecular complexity index is 619. The van der Waals surface area contributed by atoms with Crippen molar-refractivity contribution in [1.82, 2.24) is 4.90 Å². The standard InChI is InChI=1S/C19H21N/c1-19-12-7-13-20(19)14-17(15-8-3-2-4-9-15)16-10-5-6-11-18(16)19/h2-6,8-11,17H,7,12-14H2,1H3. The minimum absolute atomic E-state index is 0.266. The number of rotatable bonds is 1. The van der Waals surface area contributed by atoms with Gasteiger partial charge in [-0.25, -0.2) is 0 Å². The topological polar surface area (TPSA) is 3.24 Å². The number of hydrogen-bond acceptors (Lipinski definition) is 1. The van der Waals surface area contributed by atoms with Gasteiger partial charge in [0, 0.05) is 18.0 Å². The number of benzene rings is 2. The Hall–Kier alpha value is -1.60. The molecule has 1 heteroatoms. The van der Waals surface area contributed by atoms with Crippen LogP contribution in [0.15, 0.2) is 54.6 Å². The summed E-state index contributed by atoms with van der Waals surface area (Å²) >= 11 is 0. The van der Waals surface area contributed by atoms with Gasteiger partial charge in [0.1, 0.15) is 0 Å². The highest BCUT2D eigenvalue weighted by atomic mass is 15.2. The zero-order chi connectivity index (χ0) is 13.6. The molecule has 1 saturated heterocycles. The van der Waals surface area contributed by atoms with E-state index in [4.69, 9.17) is 0 Å². The fourth-order valence-electron chi connectivity index (χ4n) is 4.20. The third kappa shape index (κ3) is 1.66. The molecule has 2 aromatic carbocycles. The molecule has 2 unspecified atom stereocenters. The van der Waals surface area contributed by atoms with Crippen LogP contribution in [0.3, 0.4) is 0 Å². The summed E-state index contributed by atoms with van der Waals surface area (Å²) in [5, 5.41) is 0. The molecule has 2 aliphatic heterocycles. The van der Waals surface area contributed by atoms with Crippen molar-refractivity contribution in [2.75, 3.05) is 13.1 Å². The Morgan fingerprint density at radius 3 is 2.60 bits per heavy atom. The van der Waals surface area contributed by atoms with E-state index in [1.807, 2.05) is 0 Å². The second-order valence-corrected chi connectivity index (χ2v) is 6.37. The summed E-state index contributed by atoms with van der Waals surface area (Å²) in [6, 6.07) is 20.1. The smallest absolute Gasteiger partial charge is 0.0436 e. The van der Waals surface area contributed by atoms with Gasteiger partial charge in [0.2, 0.25) is 0 Å². The molecular formula is C19H21N. The maximum absolute atomic E-state index is 2.70. The highest BCUT2D eigenvalue weighted by molar-refractivity contribution is 5.44. The van der Waals surface area contributed by atoms with Crippen LogP contribution in [0, 0.1) is 0 Å². The second kappa shape index (κ2) is 4.46. The molecule has 0 aliphatic carbocycles. The Morgan fingerprint density at radius 1 is 1.00 bits per heavy atom. The van der Waals surface area contributed by atoms with Crippen molar-refractivity contribution >= 4 is 0 Å². The van der Waals surface area contributed by atoms with Gasteiger partial charge < -0.3 is 0 Å². The fraction of sp³-hybridized carbons (Fsp3) is 0.368. The third-order valence-corrected chi connectivity index (χ3v) is 5.31. The fourth-order valence-corrected chi connectivity index (χ4v) is 4.20. The van der Waals surface area contributed by atoms with E-state index >= 15 is 0 Å². The molecule has 0 amide bonds. The predicted octanol–water partition coefficient (Wildman–Crippen LogP) is 4.14. The summed E-state index contributed by atoms with van der Waals surface area (Å²) in [5.41, 5.74) is 4.81. The van der Waals surface area contributed by atoms with Crippen LogP contribution >= 0.6 is 0 Å². The van der Waals surface area contributed by atoms with Crippen molar-refractivity contribution in [3.8, 4) is 0 Å². The number of hydrogen-bond donors (Lipinski definition) is 0. The molecule has 4 rings (SSSR count).